The number of aromatic nitrogens is 2. The second-order valence-electron chi connectivity index (χ2n) is 7.29. The molecule has 1 N–H and O–H groups in total. The highest BCUT2D eigenvalue weighted by molar-refractivity contribution is 6.03. The summed E-state index contributed by atoms with van der Waals surface area (Å²) >= 11 is 0. The van der Waals surface area contributed by atoms with Gasteiger partial charge >= 0.3 is 0 Å². The fourth-order valence-electron chi connectivity index (χ4n) is 3.87. The van der Waals surface area contributed by atoms with Gasteiger partial charge in [0, 0.05) is 25.0 Å². The van der Waals surface area contributed by atoms with Crippen molar-refractivity contribution in [3.05, 3.63) is 82.7 Å². The number of hydrogen-bond acceptors (Lipinski definition) is 4. The summed E-state index contributed by atoms with van der Waals surface area (Å²) < 4.78 is 0. The Labute approximate surface area is 171 Å². The summed E-state index contributed by atoms with van der Waals surface area (Å²) in [5.74, 6) is 0.410. The summed E-state index contributed by atoms with van der Waals surface area (Å²) in [6.45, 7) is 5.81. The van der Waals surface area contributed by atoms with Gasteiger partial charge in [0.15, 0.2) is 0 Å². The summed E-state index contributed by atoms with van der Waals surface area (Å²) in [6.07, 6.45) is 4.36. The molecule has 1 aromatic heterocycles. The van der Waals surface area contributed by atoms with Gasteiger partial charge in [-0.3, -0.25) is 4.79 Å². The number of hydrogen-bond donors (Lipinski definition) is 1. The van der Waals surface area contributed by atoms with Gasteiger partial charge in [0.2, 0.25) is 5.95 Å². The molecule has 2 aromatic carbocycles. The third kappa shape index (κ3) is 3.99. The fourth-order valence-corrected chi connectivity index (χ4v) is 3.87. The standard InChI is InChI=1S/C24H26N4O/c1-3-17-10-7-11-18(4-2)22(17)27-23(29)21-12-14-25-24(26-21)28-15-13-19-8-5-6-9-20(19)16-28/h5-12,14H,3-4,13,15-16H2,1-2H3,(H,27,29). The number of benzene rings is 2. The van der Waals surface area contributed by atoms with Crippen LogP contribution in [0, 0.1) is 0 Å². The molecule has 148 valence electrons. The van der Waals surface area contributed by atoms with E-state index in [9.17, 15) is 4.79 Å². The summed E-state index contributed by atoms with van der Waals surface area (Å²) in [4.78, 5) is 24.1. The van der Waals surface area contributed by atoms with Crippen molar-refractivity contribution in [3.8, 4) is 0 Å². The number of rotatable bonds is 5. The van der Waals surface area contributed by atoms with Crippen molar-refractivity contribution in [1.82, 2.24) is 9.97 Å². The Balaban J connectivity index is 1.56. The second kappa shape index (κ2) is 8.43. The Kier molecular flexibility index (Phi) is 5.56. The van der Waals surface area contributed by atoms with E-state index in [1.165, 1.54) is 11.1 Å². The molecule has 0 bridgehead atoms. The van der Waals surface area contributed by atoms with E-state index in [0.29, 0.717) is 11.6 Å². The molecule has 0 fully saturated rings. The lowest BCUT2D eigenvalue weighted by atomic mass is 10.0. The Morgan fingerprint density at radius 3 is 2.45 bits per heavy atom. The first kappa shape index (κ1) is 19.1. The molecular weight excluding hydrogens is 360 g/mol. The number of nitrogens with one attached hydrogen (secondary N) is 1. The van der Waals surface area contributed by atoms with E-state index >= 15 is 0 Å². The predicted octanol–water partition coefficient (Wildman–Crippen LogP) is 4.42. The van der Waals surface area contributed by atoms with Crippen LogP contribution in [-0.2, 0) is 25.8 Å². The molecule has 0 saturated heterocycles. The molecule has 0 aliphatic carbocycles. The van der Waals surface area contributed by atoms with Crippen molar-refractivity contribution in [3.63, 3.8) is 0 Å². The minimum atomic E-state index is -0.193. The maximum absolute atomic E-state index is 13.0. The minimum absolute atomic E-state index is 0.193. The average Bonchev–Trinajstić information content (AvgIpc) is 2.79. The highest BCUT2D eigenvalue weighted by Gasteiger charge is 2.20. The molecule has 1 amide bonds. The molecule has 0 radical (unpaired) electrons. The summed E-state index contributed by atoms with van der Waals surface area (Å²) in [5.41, 5.74) is 6.25. The van der Waals surface area contributed by atoms with Gasteiger partial charge in [-0.25, -0.2) is 9.97 Å². The van der Waals surface area contributed by atoms with E-state index in [2.05, 4.69) is 70.4 Å². The Hall–Kier alpha value is -3.21. The summed E-state index contributed by atoms with van der Waals surface area (Å²) in [7, 11) is 0. The van der Waals surface area contributed by atoms with E-state index in [1.807, 2.05) is 6.07 Å². The van der Waals surface area contributed by atoms with Crippen LogP contribution in [0.5, 0.6) is 0 Å². The maximum Gasteiger partial charge on any atom is 0.274 e. The Morgan fingerprint density at radius 2 is 1.72 bits per heavy atom. The first-order chi connectivity index (χ1) is 14.2. The third-order valence-corrected chi connectivity index (χ3v) is 5.53. The number of anilines is 2. The Morgan fingerprint density at radius 1 is 1.00 bits per heavy atom. The first-order valence-electron chi connectivity index (χ1n) is 10.3. The number of carbonyl (C=O) groups is 1. The van der Waals surface area contributed by atoms with E-state index < -0.39 is 0 Å². The highest BCUT2D eigenvalue weighted by atomic mass is 16.1. The van der Waals surface area contributed by atoms with Crippen molar-refractivity contribution >= 4 is 17.5 Å². The van der Waals surface area contributed by atoms with Crippen molar-refractivity contribution < 1.29 is 4.79 Å². The van der Waals surface area contributed by atoms with Crippen LogP contribution in [0.4, 0.5) is 11.6 Å². The highest BCUT2D eigenvalue weighted by Crippen LogP contribution is 2.24. The normalized spacial score (nSPS) is 13.1. The summed E-state index contributed by atoms with van der Waals surface area (Å²) in [5, 5.41) is 3.10. The second-order valence-corrected chi connectivity index (χ2v) is 7.29. The molecule has 0 saturated carbocycles. The maximum atomic E-state index is 13.0. The van der Waals surface area contributed by atoms with Gasteiger partial charge in [0.1, 0.15) is 5.69 Å². The van der Waals surface area contributed by atoms with Crippen LogP contribution >= 0.6 is 0 Å². The van der Waals surface area contributed by atoms with Gasteiger partial charge in [0.05, 0.1) is 0 Å². The molecule has 0 atom stereocenters. The minimum Gasteiger partial charge on any atom is -0.336 e. The molecule has 2 heterocycles. The van der Waals surface area contributed by atoms with Crippen LogP contribution in [0.25, 0.3) is 0 Å². The summed E-state index contributed by atoms with van der Waals surface area (Å²) in [6, 6.07) is 16.3. The van der Waals surface area contributed by atoms with Crippen LogP contribution in [-0.4, -0.2) is 22.4 Å². The number of aryl methyl sites for hydroxylation is 2. The number of nitrogens with zero attached hydrogens (tertiary/aromatic N) is 3. The van der Waals surface area contributed by atoms with Gasteiger partial charge in [-0.05, 0) is 47.6 Å². The molecule has 0 spiro atoms. The molecule has 3 aromatic rings. The van der Waals surface area contributed by atoms with Gasteiger partial charge in [-0.2, -0.15) is 0 Å². The number of carbonyl (C=O) groups excluding carboxylic acids is 1. The smallest absolute Gasteiger partial charge is 0.274 e. The molecule has 1 aliphatic heterocycles. The number of para-hydroxylation sites is 1. The number of amides is 1. The van der Waals surface area contributed by atoms with Crippen LogP contribution in [0.3, 0.4) is 0 Å². The Bertz CT molecular complexity index is 1010. The lowest BCUT2D eigenvalue weighted by Gasteiger charge is -2.28. The van der Waals surface area contributed by atoms with Crippen molar-refractivity contribution in [2.45, 2.75) is 39.7 Å². The third-order valence-electron chi connectivity index (χ3n) is 5.53. The largest absolute Gasteiger partial charge is 0.336 e. The molecule has 5 heteroatoms. The topological polar surface area (TPSA) is 58.1 Å². The van der Waals surface area contributed by atoms with E-state index in [4.69, 9.17) is 0 Å². The van der Waals surface area contributed by atoms with Crippen molar-refractivity contribution in [2.24, 2.45) is 0 Å². The molecule has 0 unspecified atom stereocenters. The van der Waals surface area contributed by atoms with Crippen molar-refractivity contribution in [1.29, 1.82) is 0 Å². The van der Waals surface area contributed by atoms with Crippen LogP contribution in [0.2, 0.25) is 0 Å². The molecule has 5 nitrogen and oxygen atoms in total. The van der Waals surface area contributed by atoms with Crippen molar-refractivity contribution in [2.75, 3.05) is 16.8 Å². The van der Waals surface area contributed by atoms with Gasteiger partial charge in [-0.1, -0.05) is 56.3 Å². The van der Waals surface area contributed by atoms with Gasteiger partial charge in [0.25, 0.3) is 5.91 Å². The molecule has 4 rings (SSSR count). The van der Waals surface area contributed by atoms with E-state index in [-0.39, 0.29) is 5.91 Å². The van der Waals surface area contributed by atoms with E-state index in [1.54, 1.807) is 12.3 Å². The zero-order chi connectivity index (χ0) is 20.2. The lowest BCUT2D eigenvalue weighted by molar-refractivity contribution is 0.102. The average molecular weight is 386 g/mol. The number of fused-ring (bicyclic) bond motifs is 1. The zero-order valence-electron chi connectivity index (χ0n) is 17.0. The van der Waals surface area contributed by atoms with Gasteiger partial charge in [-0.15, -0.1) is 0 Å². The fraction of sp³-hybridized carbons (Fsp3) is 0.292. The van der Waals surface area contributed by atoms with Gasteiger partial charge < -0.3 is 10.2 Å². The van der Waals surface area contributed by atoms with Crippen LogP contribution in [0.15, 0.2) is 54.7 Å². The predicted molar refractivity (Wildman–Crippen MR) is 116 cm³/mol. The SMILES string of the molecule is CCc1cccc(CC)c1NC(=O)c1ccnc(N2CCc3ccccc3C2)n1. The molecule has 29 heavy (non-hydrogen) atoms. The quantitative estimate of drug-likeness (QED) is 0.705. The first-order valence-corrected chi connectivity index (χ1v) is 10.3. The molecule has 1 aliphatic rings. The lowest BCUT2D eigenvalue weighted by Crippen LogP contribution is -2.32. The van der Waals surface area contributed by atoms with Crippen LogP contribution < -0.4 is 10.2 Å². The monoisotopic (exact) mass is 386 g/mol. The molecular formula is C24H26N4O. The van der Waals surface area contributed by atoms with Crippen LogP contribution in [0.1, 0.15) is 46.6 Å². The zero-order valence-corrected chi connectivity index (χ0v) is 17.0. The van der Waals surface area contributed by atoms with E-state index in [0.717, 1.165) is 49.2 Å².